The predicted octanol–water partition coefficient (Wildman–Crippen LogP) is 5.15. The van der Waals surface area contributed by atoms with Crippen molar-refractivity contribution in [3.63, 3.8) is 0 Å². The fraction of sp³-hybridized carbons (Fsp3) is 0.300. The van der Waals surface area contributed by atoms with Gasteiger partial charge in [0.15, 0.2) is 16.6 Å². The highest BCUT2D eigenvalue weighted by atomic mass is 35.5. The van der Waals surface area contributed by atoms with Gasteiger partial charge in [0.2, 0.25) is 0 Å². The Kier molecular flexibility index (Phi) is 4.61. The zero-order chi connectivity index (χ0) is 19.3. The summed E-state index contributed by atoms with van der Waals surface area (Å²) in [6.45, 7) is 1.97. The Labute approximate surface area is 175 Å². The van der Waals surface area contributed by atoms with Crippen LogP contribution in [0.15, 0.2) is 29.4 Å². The molecule has 0 aliphatic heterocycles. The van der Waals surface area contributed by atoms with Crippen LogP contribution in [0.25, 0.3) is 15.9 Å². The first-order valence-corrected chi connectivity index (χ1v) is 11.4. The lowest BCUT2D eigenvalue weighted by Gasteiger charge is -2.10. The van der Waals surface area contributed by atoms with Gasteiger partial charge in [-0.15, -0.1) is 21.5 Å². The highest BCUT2D eigenvalue weighted by molar-refractivity contribution is 7.99. The Hall–Kier alpha value is -1.96. The van der Waals surface area contributed by atoms with E-state index in [9.17, 15) is 4.79 Å². The fourth-order valence-corrected chi connectivity index (χ4v) is 6.02. The lowest BCUT2D eigenvalue weighted by Crippen LogP contribution is -2.04. The predicted molar refractivity (Wildman–Crippen MR) is 114 cm³/mol. The normalized spacial score (nSPS) is 13.9. The molecule has 1 aliphatic rings. The number of rotatable bonds is 4. The molecule has 0 spiro atoms. The van der Waals surface area contributed by atoms with Crippen molar-refractivity contribution in [1.29, 1.82) is 0 Å². The van der Waals surface area contributed by atoms with Crippen LogP contribution in [0, 0.1) is 6.92 Å². The van der Waals surface area contributed by atoms with E-state index in [1.165, 1.54) is 35.0 Å². The molecule has 3 heterocycles. The van der Waals surface area contributed by atoms with E-state index in [2.05, 4.69) is 10.2 Å². The summed E-state index contributed by atoms with van der Waals surface area (Å²) in [4.78, 5) is 19.8. The second-order valence-electron chi connectivity index (χ2n) is 6.91. The Morgan fingerprint density at radius 2 is 2.00 bits per heavy atom. The van der Waals surface area contributed by atoms with Crippen molar-refractivity contribution in [2.75, 3.05) is 5.75 Å². The van der Waals surface area contributed by atoms with Gasteiger partial charge in [0.05, 0.1) is 11.1 Å². The van der Waals surface area contributed by atoms with Gasteiger partial charge in [-0.25, -0.2) is 4.98 Å². The van der Waals surface area contributed by atoms with Gasteiger partial charge in [-0.05, 0) is 62.4 Å². The largest absolute Gasteiger partial charge is 0.293 e. The number of carbonyl (C=O) groups is 1. The van der Waals surface area contributed by atoms with E-state index in [1.54, 1.807) is 35.6 Å². The van der Waals surface area contributed by atoms with Crippen LogP contribution < -0.4 is 0 Å². The smallest absolute Gasteiger partial charge is 0.197 e. The number of hydrogen-bond acceptors (Lipinski definition) is 6. The maximum atomic E-state index is 12.5. The topological polar surface area (TPSA) is 60.2 Å². The zero-order valence-corrected chi connectivity index (χ0v) is 17.6. The maximum Gasteiger partial charge on any atom is 0.197 e. The number of fused-ring (bicyclic) bond motifs is 5. The van der Waals surface area contributed by atoms with Crippen molar-refractivity contribution < 1.29 is 4.79 Å². The second kappa shape index (κ2) is 7.13. The van der Waals surface area contributed by atoms with Crippen LogP contribution in [0.3, 0.4) is 0 Å². The molecule has 0 radical (unpaired) electrons. The van der Waals surface area contributed by atoms with Gasteiger partial charge in [-0.2, -0.15) is 0 Å². The highest BCUT2D eigenvalue weighted by Crippen LogP contribution is 2.38. The molecule has 4 aromatic rings. The molecule has 1 aromatic carbocycles. The van der Waals surface area contributed by atoms with Crippen molar-refractivity contribution >= 4 is 56.3 Å². The number of aryl methyl sites for hydroxylation is 3. The van der Waals surface area contributed by atoms with E-state index in [-0.39, 0.29) is 5.78 Å². The van der Waals surface area contributed by atoms with Gasteiger partial charge in [0.25, 0.3) is 0 Å². The first-order chi connectivity index (χ1) is 13.6. The molecule has 0 N–H and O–H groups in total. The molecule has 28 heavy (non-hydrogen) atoms. The molecule has 0 fully saturated rings. The molecule has 1 aliphatic carbocycles. The molecule has 0 saturated heterocycles. The molecule has 0 bridgehead atoms. The molecular weight excluding hydrogens is 412 g/mol. The first-order valence-electron chi connectivity index (χ1n) is 9.19. The summed E-state index contributed by atoms with van der Waals surface area (Å²) in [6, 6.07) is 6.97. The van der Waals surface area contributed by atoms with Crippen molar-refractivity contribution in [3.8, 4) is 0 Å². The summed E-state index contributed by atoms with van der Waals surface area (Å²) in [5.41, 5.74) is 2.91. The SMILES string of the molecule is Cc1nc2sc3c(c2c2nnc(SCC(=O)c4ccc(Cl)cc4)n12)CCCC3. The van der Waals surface area contributed by atoms with Gasteiger partial charge >= 0.3 is 0 Å². The van der Waals surface area contributed by atoms with Crippen molar-refractivity contribution in [2.24, 2.45) is 0 Å². The summed E-state index contributed by atoms with van der Waals surface area (Å²) < 4.78 is 1.99. The van der Waals surface area contributed by atoms with E-state index in [4.69, 9.17) is 16.6 Å². The molecule has 0 unspecified atom stereocenters. The quantitative estimate of drug-likeness (QED) is 0.332. The van der Waals surface area contributed by atoms with Crippen LogP contribution in [-0.2, 0) is 12.8 Å². The number of hydrogen-bond donors (Lipinski definition) is 0. The standard InChI is InChI=1S/C20H17ClN4OS2/c1-11-22-19-17(14-4-2-3-5-16(14)28-19)18-23-24-20(25(11)18)27-10-15(26)12-6-8-13(21)9-7-12/h6-9H,2-5,10H2,1H3. The number of thioether (sulfide) groups is 1. The van der Waals surface area contributed by atoms with Gasteiger partial charge in [-0.3, -0.25) is 9.20 Å². The Balaban J connectivity index is 1.50. The minimum Gasteiger partial charge on any atom is -0.293 e. The van der Waals surface area contributed by atoms with Crippen LogP contribution in [0.1, 0.15) is 39.5 Å². The van der Waals surface area contributed by atoms with Gasteiger partial charge in [0.1, 0.15) is 10.7 Å². The van der Waals surface area contributed by atoms with Gasteiger partial charge in [0, 0.05) is 15.5 Å². The molecule has 5 rings (SSSR count). The number of nitrogens with zero attached hydrogens (tertiary/aromatic N) is 4. The van der Waals surface area contributed by atoms with E-state index in [1.807, 2.05) is 11.3 Å². The molecule has 5 nitrogen and oxygen atoms in total. The summed E-state index contributed by atoms with van der Waals surface area (Å²) in [7, 11) is 0. The number of thiophene rings is 1. The van der Waals surface area contributed by atoms with E-state index in [0.717, 1.165) is 34.5 Å². The third-order valence-corrected chi connectivity index (χ3v) is 7.46. The van der Waals surface area contributed by atoms with E-state index in [0.29, 0.717) is 21.5 Å². The summed E-state index contributed by atoms with van der Waals surface area (Å²) in [5.74, 6) is 1.19. The molecule has 3 aromatic heterocycles. The lowest BCUT2D eigenvalue weighted by molar-refractivity contribution is 0.102. The number of Topliss-reactive ketones (excluding diaryl/α,β-unsaturated/α-hetero) is 1. The summed E-state index contributed by atoms with van der Waals surface area (Å²) >= 11 is 9.09. The van der Waals surface area contributed by atoms with Crippen LogP contribution in [0.2, 0.25) is 5.02 Å². The fourth-order valence-electron chi connectivity index (χ4n) is 3.72. The van der Waals surface area contributed by atoms with Crippen LogP contribution in [0.4, 0.5) is 0 Å². The van der Waals surface area contributed by atoms with Gasteiger partial charge < -0.3 is 0 Å². The van der Waals surface area contributed by atoms with Gasteiger partial charge in [-0.1, -0.05) is 23.4 Å². The molecule has 0 saturated carbocycles. The zero-order valence-electron chi connectivity index (χ0n) is 15.2. The summed E-state index contributed by atoms with van der Waals surface area (Å²) in [5, 5.41) is 11.3. The number of ketones is 1. The molecule has 0 amide bonds. The minimum atomic E-state index is 0.0398. The number of halogens is 1. The van der Waals surface area contributed by atoms with Crippen molar-refractivity contribution in [2.45, 2.75) is 37.8 Å². The molecule has 0 atom stereocenters. The average molecular weight is 429 g/mol. The number of carbonyl (C=O) groups excluding carboxylic acids is 1. The molecular formula is C20H17ClN4OS2. The Morgan fingerprint density at radius 3 is 2.82 bits per heavy atom. The first kappa shape index (κ1) is 18.1. The minimum absolute atomic E-state index is 0.0398. The van der Waals surface area contributed by atoms with E-state index < -0.39 is 0 Å². The molecule has 142 valence electrons. The van der Waals surface area contributed by atoms with Crippen LogP contribution in [-0.4, -0.2) is 31.1 Å². The number of aromatic nitrogens is 4. The third kappa shape index (κ3) is 3.02. The second-order valence-corrected chi connectivity index (χ2v) is 9.37. The average Bonchev–Trinajstić information content (AvgIpc) is 3.27. The van der Waals surface area contributed by atoms with Crippen LogP contribution in [0.5, 0.6) is 0 Å². The highest BCUT2D eigenvalue weighted by Gasteiger charge is 2.22. The summed E-state index contributed by atoms with van der Waals surface area (Å²) in [6.07, 6.45) is 4.67. The van der Waals surface area contributed by atoms with E-state index >= 15 is 0 Å². The number of benzene rings is 1. The third-order valence-electron chi connectivity index (χ3n) is 5.10. The maximum absolute atomic E-state index is 12.5. The van der Waals surface area contributed by atoms with Crippen molar-refractivity contribution in [3.05, 3.63) is 51.1 Å². The molecule has 8 heteroatoms. The Morgan fingerprint density at radius 1 is 1.21 bits per heavy atom. The lowest BCUT2D eigenvalue weighted by atomic mass is 9.97. The van der Waals surface area contributed by atoms with Crippen LogP contribution >= 0.6 is 34.7 Å². The Bertz CT molecular complexity index is 1210. The van der Waals surface area contributed by atoms with Crippen molar-refractivity contribution in [1.82, 2.24) is 19.6 Å². The monoisotopic (exact) mass is 428 g/mol.